The van der Waals surface area contributed by atoms with E-state index in [-0.39, 0.29) is 54.6 Å². The van der Waals surface area contributed by atoms with Gasteiger partial charge in [0, 0.05) is 37.9 Å². The Morgan fingerprint density at radius 2 is 1.78 bits per heavy atom. The van der Waals surface area contributed by atoms with Gasteiger partial charge in [-0.1, -0.05) is 12.1 Å². The van der Waals surface area contributed by atoms with Crippen molar-refractivity contribution in [3.8, 4) is 5.75 Å². The standard InChI is InChI=1S/C25H27N5O10S/c1-3-28-8-9-29(22(36)21(28)35)25(39)27-16(13-4-6-15(32)7-5-13)19(33)26-17-20(34)30-18(24(37)38)14(10-40-12(2)31)11-41-23(17)30/h4-7,16-17,23,32H,3,8-11H2,1-2H3,(H,26,33)(H,27,39)(H,37,38). The molecule has 3 atom stereocenters. The number of aliphatic carboxylic acids is 1. The molecule has 218 valence electrons. The van der Waals surface area contributed by atoms with Crippen LogP contribution in [-0.2, 0) is 33.5 Å². The predicted octanol–water partition coefficient (Wildman–Crippen LogP) is -0.865. The van der Waals surface area contributed by atoms with Crippen LogP contribution >= 0.6 is 11.8 Å². The number of β-lactam (4-membered cyclic amide) rings is 1. The Balaban J connectivity index is 1.52. The van der Waals surface area contributed by atoms with E-state index in [4.69, 9.17) is 4.74 Å². The number of carboxylic acids is 1. The van der Waals surface area contributed by atoms with Gasteiger partial charge in [-0.3, -0.25) is 33.8 Å². The summed E-state index contributed by atoms with van der Waals surface area (Å²) in [5.41, 5.74) is 0.0984. The number of urea groups is 1. The lowest BCUT2D eigenvalue weighted by molar-refractivity contribution is -0.153. The molecule has 0 bridgehead atoms. The molecule has 0 aromatic heterocycles. The average Bonchev–Trinajstić information content (AvgIpc) is 2.94. The number of nitrogens with zero attached hydrogens (tertiary/aromatic N) is 3. The minimum Gasteiger partial charge on any atom is -0.508 e. The highest BCUT2D eigenvalue weighted by atomic mass is 32.2. The van der Waals surface area contributed by atoms with E-state index in [0.29, 0.717) is 4.90 Å². The van der Waals surface area contributed by atoms with Crippen LogP contribution in [0.1, 0.15) is 25.5 Å². The third kappa shape index (κ3) is 5.82. The van der Waals surface area contributed by atoms with Gasteiger partial charge >= 0.3 is 29.8 Å². The molecule has 4 rings (SSSR count). The summed E-state index contributed by atoms with van der Waals surface area (Å²) in [6, 6.07) is 1.67. The molecule has 2 saturated heterocycles. The van der Waals surface area contributed by atoms with Crippen molar-refractivity contribution in [1.82, 2.24) is 25.3 Å². The van der Waals surface area contributed by atoms with Crippen molar-refractivity contribution >= 4 is 53.4 Å². The second kappa shape index (κ2) is 11.9. The molecule has 3 heterocycles. The van der Waals surface area contributed by atoms with Gasteiger partial charge in [0.05, 0.1) is 0 Å². The first-order valence-corrected chi connectivity index (χ1v) is 13.5. The van der Waals surface area contributed by atoms with E-state index < -0.39 is 59.1 Å². The van der Waals surface area contributed by atoms with Crippen LogP contribution in [0.5, 0.6) is 5.75 Å². The van der Waals surface area contributed by atoms with Gasteiger partial charge in [0.15, 0.2) is 0 Å². The number of piperazine rings is 1. The van der Waals surface area contributed by atoms with E-state index in [2.05, 4.69) is 10.6 Å². The topological polar surface area (TPSA) is 203 Å². The monoisotopic (exact) mass is 589 g/mol. The summed E-state index contributed by atoms with van der Waals surface area (Å²) in [4.78, 5) is 90.4. The fourth-order valence-corrected chi connectivity index (χ4v) is 5.89. The molecule has 3 aliphatic rings. The summed E-state index contributed by atoms with van der Waals surface area (Å²) in [5.74, 6) is -5.49. The van der Waals surface area contributed by atoms with Crippen molar-refractivity contribution in [3.63, 3.8) is 0 Å². The largest absolute Gasteiger partial charge is 0.508 e. The van der Waals surface area contributed by atoms with Crippen molar-refractivity contribution in [2.45, 2.75) is 31.3 Å². The van der Waals surface area contributed by atoms with Crippen LogP contribution in [0.2, 0.25) is 0 Å². The SMILES string of the molecule is CCN1CCN(C(=O)NC(C(=O)NC2C(=O)N3C(C(=O)O)=C(COC(C)=O)CSC23)c2ccc(O)cc2)C(=O)C1=O. The Bertz CT molecular complexity index is 1350. The molecule has 3 unspecified atom stereocenters. The first-order chi connectivity index (χ1) is 19.4. The van der Waals surface area contributed by atoms with Gasteiger partial charge in [0.2, 0.25) is 5.91 Å². The summed E-state index contributed by atoms with van der Waals surface area (Å²) in [6.45, 7) is 2.86. The number of carbonyl (C=O) groups is 7. The molecule has 0 radical (unpaired) electrons. The van der Waals surface area contributed by atoms with Crippen LogP contribution in [0.4, 0.5) is 4.79 Å². The zero-order valence-electron chi connectivity index (χ0n) is 22.0. The fourth-order valence-electron chi connectivity index (χ4n) is 4.56. The lowest BCUT2D eigenvalue weighted by Crippen LogP contribution is -2.71. The highest BCUT2D eigenvalue weighted by Crippen LogP contribution is 2.40. The second-order valence-corrected chi connectivity index (χ2v) is 10.4. The van der Waals surface area contributed by atoms with E-state index in [1.165, 1.54) is 36.1 Å². The van der Waals surface area contributed by atoms with E-state index in [0.717, 1.165) is 16.7 Å². The van der Waals surface area contributed by atoms with Crippen LogP contribution in [0, 0.1) is 0 Å². The number of hydrogen-bond donors (Lipinski definition) is 4. The summed E-state index contributed by atoms with van der Waals surface area (Å²) < 4.78 is 4.91. The molecule has 0 spiro atoms. The highest BCUT2D eigenvalue weighted by molar-refractivity contribution is 8.00. The molecule has 3 aliphatic heterocycles. The maximum absolute atomic E-state index is 13.4. The number of ether oxygens (including phenoxy) is 1. The van der Waals surface area contributed by atoms with Gasteiger partial charge in [-0.15, -0.1) is 11.8 Å². The van der Waals surface area contributed by atoms with Crippen LogP contribution in [0.25, 0.3) is 0 Å². The molecule has 1 aromatic rings. The number of nitrogens with one attached hydrogen (secondary N) is 2. The number of esters is 1. The summed E-state index contributed by atoms with van der Waals surface area (Å²) in [5, 5.41) is 23.6. The normalized spacial score (nSPS) is 21.1. The minimum absolute atomic E-state index is 0.0943. The van der Waals surface area contributed by atoms with E-state index in [1.54, 1.807) is 6.92 Å². The molecule has 6 amide bonds. The van der Waals surface area contributed by atoms with Crippen molar-refractivity contribution in [3.05, 3.63) is 41.1 Å². The molecule has 0 aliphatic carbocycles. The molecule has 41 heavy (non-hydrogen) atoms. The van der Waals surface area contributed by atoms with Crippen molar-refractivity contribution in [2.75, 3.05) is 32.0 Å². The fraction of sp³-hybridized carbons (Fsp3) is 0.400. The zero-order valence-corrected chi connectivity index (χ0v) is 22.8. The second-order valence-electron chi connectivity index (χ2n) is 9.25. The third-order valence-electron chi connectivity index (χ3n) is 6.69. The summed E-state index contributed by atoms with van der Waals surface area (Å²) in [6.07, 6.45) is 0. The summed E-state index contributed by atoms with van der Waals surface area (Å²) in [7, 11) is 0. The molecule has 4 N–H and O–H groups in total. The maximum atomic E-state index is 13.4. The molecular formula is C25H27N5O10S. The number of fused-ring (bicyclic) bond motifs is 1. The van der Waals surface area contributed by atoms with E-state index in [9.17, 15) is 43.8 Å². The first-order valence-electron chi connectivity index (χ1n) is 12.5. The Hall–Kier alpha value is -4.60. The smallest absolute Gasteiger partial charge is 0.352 e. The van der Waals surface area contributed by atoms with Gasteiger partial charge in [0.1, 0.15) is 35.5 Å². The van der Waals surface area contributed by atoms with Crippen molar-refractivity contribution < 1.29 is 48.5 Å². The number of hydrogen-bond acceptors (Lipinski definition) is 10. The summed E-state index contributed by atoms with van der Waals surface area (Å²) >= 11 is 1.16. The Kier molecular flexibility index (Phi) is 8.51. The van der Waals surface area contributed by atoms with Gasteiger partial charge in [-0.2, -0.15) is 0 Å². The number of benzene rings is 1. The van der Waals surface area contributed by atoms with E-state index in [1.807, 2.05) is 0 Å². The number of carboxylic acid groups (broad SMARTS) is 1. The first kappa shape index (κ1) is 29.4. The highest BCUT2D eigenvalue weighted by Gasteiger charge is 2.54. The number of aromatic hydroxyl groups is 1. The lowest BCUT2D eigenvalue weighted by atomic mass is 10.0. The number of rotatable bonds is 8. The molecule has 0 saturated carbocycles. The van der Waals surface area contributed by atoms with Crippen LogP contribution in [0.3, 0.4) is 0 Å². The van der Waals surface area contributed by atoms with Crippen LogP contribution in [-0.4, -0.2) is 110 Å². The minimum atomic E-state index is -1.44. The van der Waals surface area contributed by atoms with Gasteiger partial charge in [-0.25, -0.2) is 9.59 Å². The van der Waals surface area contributed by atoms with Crippen molar-refractivity contribution in [2.24, 2.45) is 0 Å². The average molecular weight is 590 g/mol. The number of imide groups is 1. The zero-order chi connectivity index (χ0) is 30.0. The molecule has 15 nitrogen and oxygen atoms in total. The Labute approximate surface area is 237 Å². The Morgan fingerprint density at radius 1 is 1.10 bits per heavy atom. The number of phenolic OH excluding ortho intramolecular Hbond substituents is 1. The quantitative estimate of drug-likeness (QED) is 0.167. The predicted molar refractivity (Wildman–Crippen MR) is 140 cm³/mol. The van der Waals surface area contributed by atoms with Crippen molar-refractivity contribution in [1.29, 1.82) is 0 Å². The van der Waals surface area contributed by atoms with Crippen LogP contribution < -0.4 is 10.6 Å². The van der Waals surface area contributed by atoms with Gasteiger partial charge < -0.3 is 30.5 Å². The number of amides is 6. The maximum Gasteiger partial charge on any atom is 0.352 e. The molecule has 1 aromatic carbocycles. The number of likely N-dealkylation sites (N-methyl/N-ethyl adjacent to an activating group) is 1. The van der Waals surface area contributed by atoms with Gasteiger partial charge in [0.25, 0.3) is 5.91 Å². The Morgan fingerprint density at radius 3 is 2.39 bits per heavy atom. The molecule has 16 heteroatoms. The molecular weight excluding hydrogens is 562 g/mol. The van der Waals surface area contributed by atoms with Crippen LogP contribution in [0.15, 0.2) is 35.5 Å². The molecule has 2 fully saturated rings. The number of phenols is 1. The van der Waals surface area contributed by atoms with E-state index >= 15 is 0 Å². The third-order valence-corrected chi connectivity index (χ3v) is 8.03. The van der Waals surface area contributed by atoms with Gasteiger partial charge in [-0.05, 0) is 24.6 Å². The lowest BCUT2D eigenvalue weighted by Gasteiger charge is -2.49. The number of thioether (sulfide) groups is 1. The number of carbonyl (C=O) groups excluding carboxylic acids is 6.